The molecule has 6 rings (SSSR count). The summed E-state index contributed by atoms with van der Waals surface area (Å²) >= 11 is 12.9. The zero-order valence-electron chi connectivity index (χ0n) is 22.4. The van der Waals surface area contributed by atoms with Crippen LogP contribution < -0.4 is 4.90 Å². The van der Waals surface area contributed by atoms with Gasteiger partial charge in [0.25, 0.3) is 0 Å². The lowest BCUT2D eigenvalue weighted by Gasteiger charge is -2.31. The van der Waals surface area contributed by atoms with Crippen molar-refractivity contribution in [1.29, 1.82) is 0 Å². The average Bonchev–Trinajstić information content (AvgIpc) is 3.39. The van der Waals surface area contributed by atoms with Crippen molar-refractivity contribution in [3.8, 4) is 11.3 Å². The van der Waals surface area contributed by atoms with E-state index in [0.717, 1.165) is 30.2 Å². The van der Waals surface area contributed by atoms with Crippen LogP contribution in [0.5, 0.6) is 0 Å². The molecule has 3 atom stereocenters. The van der Waals surface area contributed by atoms with E-state index in [1.54, 1.807) is 39.0 Å². The Morgan fingerprint density at radius 2 is 1.88 bits per heavy atom. The van der Waals surface area contributed by atoms with Crippen LogP contribution >= 0.6 is 23.2 Å². The maximum absolute atomic E-state index is 15.1. The van der Waals surface area contributed by atoms with Crippen molar-refractivity contribution in [3.05, 3.63) is 69.1 Å². The Labute approximate surface area is 241 Å². The lowest BCUT2D eigenvalue weighted by molar-refractivity contribution is -0.126. The lowest BCUT2D eigenvalue weighted by Crippen LogP contribution is -2.43. The minimum Gasteiger partial charge on any atom is -0.456 e. The summed E-state index contributed by atoms with van der Waals surface area (Å²) in [6.45, 7) is 5.44. The summed E-state index contributed by atoms with van der Waals surface area (Å²) in [6, 6.07) is 9.17. The number of halogens is 3. The topological polar surface area (TPSA) is 81.9 Å². The van der Waals surface area contributed by atoms with Crippen LogP contribution in [0.1, 0.15) is 74.1 Å². The summed E-state index contributed by atoms with van der Waals surface area (Å²) in [5, 5.41) is 5.24. The van der Waals surface area contributed by atoms with Crippen LogP contribution in [0.4, 0.5) is 10.1 Å². The number of anilines is 1. The van der Waals surface area contributed by atoms with Gasteiger partial charge in [-0.25, -0.2) is 9.18 Å². The first-order valence-corrected chi connectivity index (χ1v) is 14.2. The second-order valence-electron chi connectivity index (χ2n) is 11.7. The minimum absolute atomic E-state index is 0.101. The number of hydrogen-bond donors (Lipinski definition) is 0. The van der Waals surface area contributed by atoms with Gasteiger partial charge in [-0.1, -0.05) is 34.4 Å². The Morgan fingerprint density at radius 1 is 1.15 bits per heavy atom. The van der Waals surface area contributed by atoms with Gasteiger partial charge in [0.1, 0.15) is 22.9 Å². The molecule has 2 aliphatic carbocycles. The summed E-state index contributed by atoms with van der Waals surface area (Å²) in [5.74, 6) is -0.781. The number of esters is 1. The van der Waals surface area contributed by atoms with Crippen molar-refractivity contribution in [2.24, 2.45) is 5.92 Å². The van der Waals surface area contributed by atoms with Gasteiger partial charge in [0, 0.05) is 23.1 Å². The third-order valence-electron chi connectivity index (χ3n) is 7.65. The van der Waals surface area contributed by atoms with Gasteiger partial charge < -0.3 is 18.9 Å². The second kappa shape index (κ2) is 10.2. The number of carbonyl (C=O) groups excluding carboxylic acids is 2. The molecule has 0 radical (unpaired) electrons. The van der Waals surface area contributed by atoms with Crippen molar-refractivity contribution >= 4 is 40.8 Å². The molecular formula is C30H29Cl2FN2O5. The van der Waals surface area contributed by atoms with Gasteiger partial charge in [-0.2, -0.15) is 0 Å². The first-order chi connectivity index (χ1) is 19.0. The van der Waals surface area contributed by atoms with Crippen molar-refractivity contribution in [2.75, 3.05) is 4.90 Å². The molecule has 3 aromatic rings. The van der Waals surface area contributed by atoms with Crippen LogP contribution in [0.3, 0.4) is 0 Å². The number of ether oxygens (including phenoxy) is 2. The third-order valence-corrected chi connectivity index (χ3v) is 8.28. The van der Waals surface area contributed by atoms with E-state index in [1.165, 1.54) is 17.0 Å². The van der Waals surface area contributed by atoms with E-state index in [4.69, 9.17) is 37.2 Å². The van der Waals surface area contributed by atoms with Crippen molar-refractivity contribution in [3.63, 3.8) is 0 Å². The van der Waals surface area contributed by atoms with Crippen LogP contribution in [0.25, 0.3) is 11.3 Å². The molecule has 2 bridgehead atoms. The first kappa shape index (κ1) is 27.2. The van der Waals surface area contributed by atoms with E-state index in [9.17, 15) is 9.59 Å². The molecular weight excluding hydrogens is 558 g/mol. The molecule has 1 amide bonds. The molecule has 2 heterocycles. The number of aromatic nitrogens is 1. The molecule has 3 aliphatic rings. The highest BCUT2D eigenvalue weighted by atomic mass is 35.5. The Kier molecular flexibility index (Phi) is 6.92. The Bertz CT molecular complexity index is 1480. The molecule has 0 N–H and O–H groups in total. The molecule has 3 fully saturated rings. The number of rotatable bonds is 7. The van der Waals surface area contributed by atoms with E-state index in [1.807, 2.05) is 0 Å². The molecule has 0 spiro atoms. The summed E-state index contributed by atoms with van der Waals surface area (Å²) < 4.78 is 32.5. The molecule has 10 heteroatoms. The van der Waals surface area contributed by atoms with Gasteiger partial charge in [0.2, 0.25) is 5.91 Å². The molecule has 1 aliphatic heterocycles. The summed E-state index contributed by atoms with van der Waals surface area (Å²) in [4.78, 5) is 27.2. The summed E-state index contributed by atoms with van der Waals surface area (Å²) in [5.41, 5.74) is 1.52. The largest absolute Gasteiger partial charge is 0.456 e. The average molecular weight is 587 g/mol. The van der Waals surface area contributed by atoms with Gasteiger partial charge in [-0.3, -0.25) is 4.79 Å². The molecule has 1 aromatic heterocycles. The van der Waals surface area contributed by atoms with Crippen LogP contribution in [0, 0.1) is 11.7 Å². The zero-order valence-corrected chi connectivity index (χ0v) is 23.9. The van der Waals surface area contributed by atoms with E-state index in [0.29, 0.717) is 34.1 Å². The summed E-state index contributed by atoms with van der Waals surface area (Å²) in [7, 11) is 0. The first-order valence-electron chi connectivity index (χ1n) is 13.4. The quantitative estimate of drug-likeness (QED) is 0.269. The maximum atomic E-state index is 15.1. The van der Waals surface area contributed by atoms with E-state index in [2.05, 4.69) is 5.16 Å². The Hall–Kier alpha value is -2.94. The minimum atomic E-state index is -0.697. The van der Waals surface area contributed by atoms with E-state index >= 15 is 4.39 Å². The number of fused-ring (bicyclic) bond motifs is 2. The number of amides is 1. The zero-order chi connectivity index (χ0) is 28.3. The SMILES string of the molecule is CC(C)(C)OC(=O)c1ccc(N2C(=O)[C@@H]3C[C@H]2C[C@H]3OCc2c(-c3c(Cl)cccc3Cl)noc2C2CC2)c(F)c1. The Morgan fingerprint density at radius 3 is 2.50 bits per heavy atom. The molecule has 1 saturated heterocycles. The van der Waals surface area contributed by atoms with Crippen LogP contribution in [0.15, 0.2) is 40.9 Å². The number of hydrogen-bond acceptors (Lipinski definition) is 6. The summed E-state index contributed by atoms with van der Waals surface area (Å²) in [6.07, 6.45) is 2.83. The van der Waals surface area contributed by atoms with Crippen LogP contribution in [-0.4, -0.2) is 34.8 Å². The fraction of sp³-hybridized carbons (Fsp3) is 0.433. The maximum Gasteiger partial charge on any atom is 0.338 e. The molecule has 7 nitrogen and oxygen atoms in total. The van der Waals surface area contributed by atoms with Crippen molar-refractivity contribution in [2.45, 2.75) is 76.7 Å². The Balaban J connectivity index is 1.18. The fourth-order valence-corrected chi connectivity index (χ4v) is 6.28. The number of piperidine rings is 1. The normalized spacial score (nSPS) is 22.3. The predicted molar refractivity (Wildman–Crippen MR) is 148 cm³/mol. The molecule has 2 aromatic carbocycles. The van der Waals surface area contributed by atoms with Crippen LogP contribution in [-0.2, 0) is 20.9 Å². The molecule has 0 unspecified atom stereocenters. The van der Waals surface area contributed by atoms with E-state index in [-0.39, 0.29) is 41.8 Å². The van der Waals surface area contributed by atoms with Gasteiger partial charge in [0.15, 0.2) is 0 Å². The monoisotopic (exact) mass is 586 g/mol. The smallest absolute Gasteiger partial charge is 0.338 e. The number of carbonyl (C=O) groups is 2. The molecule has 210 valence electrons. The van der Waals surface area contributed by atoms with Crippen molar-refractivity contribution in [1.82, 2.24) is 5.16 Å². The molecule has 40 heavy (non-hydrogen) atoms. The highest BCUT2D eigenvalue weighted by Gasteiger charge is 2.52. The van der Waals surface area contributed by atoms with Gasteiger partial charge >= 0.3 is 5.97 Å². The van der Waals surface area contributed by atoms with Crippen molar-refractivity contribution < 1.29 is 28.0 Å². The van der Waals surface area contributed by atoms with E-state index < -0.39 is 23.3 Å². The van der Waals surface area contributed by atoms with Gasteiger partial charge in [-0.15, -0.1) is 0 Å². The van der Waals surface area contributed by atoms with Gasteiger partial charge in [0.05, 0.1) is 39.9 Å². The standard InChI is InChI=1S/C30H29Cl2FN2O5/c1-30(2,3)39-29(37)16-9-10-23(22(33)11-16)35-17-12-18(28(35)36)24(13-17)38-14-19-26(34-40-27(19)15-7-8-15)25-20(31)5-4-6-21(25)32/h4-6,9-11,15,17-18,24H,7-8,12-14H2,1-3H3/t17-,18+,24+/m0/s1. The highest BCUT2D eigenvalue weighted by Crippen LogP contribution is 2.48. The fourth-order valence-electron chi connectivity index (χ4n) is 5.71. The van der Waals surface area contributed by atoms with Gasteiger partial charge in [-0.05, 0) is 76.8 Å². The third kappa shape index (κ3) is 5.01. The highest BCUT2D eigenvalue weighted by molar-refractivity contribution is 6.39. The second-order valence-corrected chi connectivity index (χ2v) is 12.5. The lowest BCUT2D eigenvalue weighted by atomic mass is 10.0. The number of benzene rings is 2. The number of nitrogens with zero attached hydrogens (tertiary/aromatic N) is 2. The predicted octanol–water partition coefficient (Wildman–Crippen LogP) is 7.33. The van der Waals surface area contributed by atoms with Crippen LogP contribution in [0.2, 0.25) is 10.0 Å². The molecule has 2 saturated carbocycles.